The highest BCUT2D eigenvalue weighted by Gasteiger charge is 2.25. The molecule has 0 spiro atoms. The zero-order valence-corrected chi connectivity index (χ0v) is 15.7. The Hall–Kier alpha value is -2.20. The van der Waals surface area contributed by atoms with E-state index in [1.807, 2.05) is 0 Å². The van der Waals surface area contributed by atoms with Crippen LogP contribution in [0.5, 0.6) is 0 Å². The summed E-state index contributed by atoms with van der Waals surface area (Å²) in [6.45, 7) is 4.91. The summed E-state index contributed by atoms with van der Waals surface area (Å²) < 4.78 is 6.25. The van der Waals surface area contributed by atoms with Crippen molar-refractivity contribution in [1.29, 1.82) is 0 Å². The Morgan fingerprint density at radius 1 is 1.04 bits per heavy atom. The molecule has 2 aromatic heterocycles. The molecule has 0 saturated carbocycles. The highest BCUT2D eigenvalue weighted by molar-refractivity contribution is 9.10. The van der Waals surface area contributed by atoms with Crippen molar-refractivity contribution in [1.82, 2.24) is 19.9 Å². The van der Waals surface area contributed by atoms with E-state index in [0.29, 0.717) is 45.3 Å². The lowest BCUT2D eigenvalue weighted by molar-refractivity contribution is 0.122. The van der Waals surface area contributed by atoms with Crippen molar-refractivity contribution in [2.75, 3.05) is 62.3 Å². The van der Waals surface area contributed by atoms with Crippen molar-refractivity contribution >= 4 is 44.7 Å². The number of rotatable bonds is 2. The Morgan fingerprint density at radius 3 is 2.46 bits per heavy atom. The van der Waals surface area contributed by atoms with Gasteiger partial charge >= 0.3 is 6.09 Å². The maximum atomic E-state index is 11.2. The normalized spacial score (nSPS) is 18.4. The van der Waals surface area contributed by atoms with Crippen molar-refractivity contribution in [2.24, 2.45) is 0 Å². The minimum atomic E-state index is -0.878. The van der Waals surface area contributed by atoms with Crippen LogP contribution in [0.15, 0.2) is 16.9 Å². The topological polar surface area (TPSA) is 94.9 Å². The quantitative estimate of drug-likeness (QED) is 0.776. The second-order valence-electron chi connectivity index (χ2n) is 6.22. The molecule has 0 radical (unpaired) electrons. The molecule has 4 rings (SSSR count). The molecule has 4 heterocycles. The summed E-state index contributed by atoms with van der Waals surface area (Å²) in [6, 6.07) is 0. The molecule has 1 N–H and O–H groups in total. The number of fused-ring (bicyclic) bond motifs is 1. The van der Waals surface area contributed by atoms with Crippen LogP contribution in [0, 0.1) is 0 Å². The number of hydrogen-bond donors (Lipinski definition) is 1. The van der Waals surface area contributed by atoms with Crippen molar-refractivity contribution in [3.63, 3.8) is 0 Å². The molecule has 0 unspecified atom stereocenters. The number of amides is 1. The van der Waals surface area contributed by atoms with Gasteiger partial charge in [-0.15, -0.1) is 0 Å². The van der Waals surface area contributed by atoms with Crippen molar-refractivity contribution in [3.05, 3.63) is 16.9 Å². The van der Waals surface area contributed by atoms with E-state index in [0.717, 1.165) is 34.3 Å². The first-order chi connectivity index (χ1) is 12.6. The number of morpholine rings is 1. The van der Waals surface area contributed by atoms with Crippen molar-refractivity contribution in [3.8, 4) is 0 Å². The van der Waals surface area contributed by atoms with Crippen LogP contribution in [0.3, 0.4) is 0 Å². The van der Waals surface area contributed by atoms with Crippen molar-refractivity contribution < 1.29 is 14.6 Å². The third kappa shape index (κ3) is 3.26. The van der Waals surface area contributed by atoms with E-state index in [9.17, 15) is 9.90 Å². The number of anilines is 2. The molecule has 2 saturated heterocycles. The first kappa shape index (κ1) is 17.2. The molecular formula is C16H19BrN6O3. The lowest BCUT2D eigenvalue weighted by atomic mass is 10.2. The lowest BCUT2D eigenvalue weighted by Gasteiger charge is -2.35. The van der Waals surface area contributed by atoms with Gasteiger partial charge in [0.1, 0.15) is 5.82 Å². The molecule has 0 aliphatic carbocycles. The fourth-order valence-electron chi connectivity index (χ4n) is 3.26. The lowest BCUT2D eigenvalue weighted by Crippen LogP contribution is -2.48. The van der Waals surface area contributed by atoms with Gasteiger partial charge in [-0.05, 0) is 15.9 Å². The third-order valence-corrected chi connectivity index (χ3v) is 5.27. The standard InChI is InChI=1S/C16H19BrN6O3/c17-11-9-18-10-12-13(11)14(21-1-3-23(4-2-21)16(24)25)20-15(19-12)22-5-7-26-8-6-22/h9-10H,1-8H2,(H,24,25). The van der Waals surface area contributed by atoms with Crippen LogP contribution < -0.4 is 9.80 Å². The first-order valence-corrected chi connectivity index (χ1v) is 9.29. The van der Waals surface area contributed by atoms with E-state index in [1.54, 1.807) is 12.4 Å². The monoisotopic (exact) mass is 422 g/mol. The third-order valence-electron chi connectivity index (χ3n) is 4.67. The number of aromatic nitrogens is 3. The summed E-state index contributed by atoms with van der Waals surface area (Å²) in [4.78, 5) is 30.6. The van der Waals surface area contributed by atoms with Gasteiger partial charge in [-0.2, -0.15) is 4.98 Å². The maximum absolute atomic E-state index is 11.2. The molecule has 2 aliphatic rings. The van der Waals surface area contributed by atoms with E-state index < -0.39 is 6.09 Å². The van der Waals surface area contributed by atoms with Gasteiger partial charge in [0, 0.05) is 49.9 Å². The molecule has 26 heavy (non-hydrogen) atoms. The largest absolute Gasteiger partial charge is 0.465 e. The summed E-state index contributed by atoms with van der Waals surface area (Å²) in [5, 5.41) is 10.1. The Morgan fingerprint density at radius 2 is 1.77 bits per heavy atom. The van der Waals surface area contributed by atoms with Crippen LogP contribution in [0.4, 0.5) is 16.6 Å². The van der Waals surface area contributed by atoms with Gasteiger partial charge in [0.15, 0.2) is 0 Å². The zero-order chi connectivity index (χ0) is 18.1. The van der Waals surface area contributed by atoms with E-state index in [-0.39, 0.29) is 0 Å². The summed E-state index contributed by atoms with van der Waals surface area (Å²) in [5.74, 6) is 1.48. The van der Waals surface area contributed by atoms with Gasteiger partial charge in [-0.25, -0.2) is 9.78 Å². The number of ether oxygens (including phenoxy) is 1. The summed E-state index contributed by atoms with van der Waals surface area (Å²) in [7, 11) is 0. The molecule has 2 fully saturated rings. The van der Waals surface area contributed by atoms with Gasteiger partial charge in [0.05, 0.1) is 30.3 Å². The number of pyridine rings is 1. The van der Waals surface area contributed by atoms with Crippen LogP contribution in [-0.4, -0.2) is 83.5 Å². The second-order valence-corrected chi connectivity index (χ2v) is 7.07. The molecule has 0 aromatic carbocycles. The number of carbonyl (C=O) groups is 1. The molecule has 0 bridgehead atoms. The number of hydrogen-bond acceptors (Lipinski definition) is 7. The molecule has 2 aliphatic heterocycles. The van der Waals surface area contributed by atoms with Crippen LogP contribution >= 0.6 is 15.9 Å². The second kappa shape index (κ2) is 7.20. The Balaban J connectivity index is 1.73. The van der Waals surface area contributed by atoms with Crippen LogP contribution in [0.2, 0.25) is 0 Å². The van der Waals surface area contributed by atoms with Crippen LogP contribution in [0.25, 0.3) is 10.9 Å². The summed E-state index contributed by atoms with van der Waals surface area (Å²) >= 11 is 3.56. The predicted molar refractivity (Wildman–Crippen MR) is 99.9 cm³/mol. The first-order valence-electron chi connectivity index (χ1n) is 8.50. The van der Waals surface area contributed by atoms with Crippen LogP contribution in [0.1, 0.15) is 0 Å². The highest BCUT2D eigenvalue weighted by Crippen LogP contribution is 2.32. The Bertz CT molecular complexity index is 821. The number of piperazine rings is 1. The summed E-state index contributed by atoms with van der Waals surface area (Å²) in [5.41, 5.74) is 0.770. The average Bonchev–Trinajstić information content (AvgIpc) is 2.68. The molecule has 2 aromatic rings. The smallest absolute Gasteiger partial charge is 0.407 e. The Labute approximate surface area is 158 Å². The highest BCUT2D eigenvalue weighted by atomic mass is 79.9. The van der Waals surface area contributed by atoms with Gasteiger partial charge in [-0.3, -0.25) is 4.98 Å². The molecule has 0 atom stereocenters. The SMILES string of the molecule is O=C(O)N1CCN(c2nc(N3CCOCC3)nc3cncc(Br)c23)CC1. The minimum Gasteiger partial charge on any atom is -0.465 e. The number of nitrogens with zero attached hydrogens (tertiary/aromatic N) is 6. The zero-order valence-electron chi connectivity index (χ0n) is 14.1. The average molecular weight is 423 g/mol. The summed E-state index contributed by atoms with van der Waals surface area (Å²) in [6.07, 6.45) is 2.59. The molecule has 9 nitrogen and oxygen atoms in total. The van der Waals surface area contributed by atoms with Gasteiger partial charge in [-0.1, -0.05) is 0 Å². The molecule has 10 heteroatoms. The fourth-order valence-corrected chi connectivity index (χ4v) is 3.76. The molecular weight excluding hydrogens is 404 g/mol. The van der Waals surface area contributed by atoms with E-state index in [1.165, 1.54) is 4.90 Å². The van der Waals surface area contributed by atoms with Crippen molar-refractivity contribution in [2.45, 2.75) is 0 Å². The Kier molecular flexibility index (Phi) is 4.77. The van der Waals surface area contributed by atoms with E-state index >= 15 is 0 Å². The van der Waals surface area contributed by atoms with E-state index in [2.05, 4.69) is 30.7 Å². The van der Waals surface area contributed by atoms with Gasteiger partial charge < -0.3 is 24.5 Å². The molecule has 1 amide bonds. The van der Waals surface area contributed by atoms with Gasteiger partial charge in [0.25, 0.3) is 0 Å². The van der Waals surface area contributed by atoms with Gasteiger partial charge in [0.2, 0.25) is 5.95 Å². The van der Waals surface area contributed by atoms with Crippen LogP contribution in [-0.2, 0) is 4.74 Å². The maximum Gasteiger partial charge on any atom is 0.407 e. The number of halogens is 1. The number of carboxylic acid groups (broad SMARTS) is 1. The fraction of sp³-hybridized carbons (Fsp3) is 0.500. The van der Waals surface area contributed by atoms with E-state index in [4.69, 9.17) is 14.7 Å². The predicted octanol–water partition coefficient (Wildman–Crippen LogP) is 1.42. The molecule has 138 valence electrons. The minimum absolute atomic E-state index is 0.455.